The molecule has 1 aromatic rings. The van der Waals surface area contributed by atoms with Crippen molar-refractivity contribution in [1.82, 2.24) is 0 Å². The Morgan fingerprint density at radius 1 is 1.11 bits per heavy atom. The number of esters is 1. The fourth-order valence-electron chi connectivity index (χ4n) is 6.16. The summed E-state index contributed by atoms with van der Waals surface area (Å²) >= 11 is 0. The van der Waals surface area contributed by atoms with E-state index in [4.69, 9.17) is 14.5 Å². The summed E-state index contributed by atoms with van der Waals surface area (Å²) < 4.78 is 11.4. The van der Waals surface area contributed by atoms with Gasteiger partial charge in [-0.2, -0.15) is 0 Å². The lowest BCUT2D eigenvalue weighted by Crippen LogP contribution is -2.50. The molecule has 1 heterocycles. The van der Waals surface area contributed by atoms with Crippen LogP contribution in [-0.4, -0.2) is 18.5 Å². The van der Waals surface area contributed by atoms with Gasteiger partial charge in [-0.05, 0) is 86.5 Å². The molecular weight excluding hydrogens is 350 g/mol. The molecule has 4 bridgehead atoms. The predicted molar refractivity (Wildman–Crippen MR) is 109 cm³/mol. The van der Waals surface area contributed by atoms with Crippen molar-refractivity contribution in [2.24, 2.45) is 28.2 Å². The quantitative estimate of drug-likeness (QED) is 0.379. The third kappa shape index (κ3) is 3.27. The minimum Gasteiger partial charge on any atom is -0.494 e. The zero-order chi connectivity index (χ0) is 19.1. The van der Waals surface area contributed by atoms with E-state index >= 15 is 0 Å². The zero-order valence-corrected chi connectivity index (χ0v) is 16.7. The van der Waals surface area contributed by atoms with Gasteiger partial charge >= 0.3 is 5.97 Å². The molecule has 0 amide bonds. The standard InChI is InChI=1S/C24H29NO3/c1-2-3-8-27-20-6-4-16(5-7-20)12-21-22(26)28-23(25-21)24-13-17-9-18(14-24)11-19(10-17)15-24/h4-7,12,17-19H,2-3,8-11,13-15H2,1H3/b21-12-. The van der Waals surface area contributed by atoms with E-state index in [0.717, 1.165) is 67.8 Å². The fourth-order valence-corrected chi connectivity index (χ4v) is 6.16. The Labute approximate surface area is 167 Å². The van der Waals surface area contributed by atoms with Gasteiger partial charge in [0.1, 0.15) is 5.75 Å². The number of aliphatic imine (C=N–C) groups is 1. The van der Waals surface area contributed by atoms with Gasteiger partial charge in [0.15, 0.2) is 5.70 Å². The fraction of sp³-hybridized carbons (Fsp3) is 0.583. The lowest BCUT2D eigenvalue weighted by Gasteiger charge is -2.55. The van der Waals surface area contributed by atoms with Crippen LogP contribution in [0.2, 0.25) is 0 Å². The van der Waals surface area contributed by atoms with Crippen molar-refractivity contribution in [2.45, 2.75) is 58.3 Å². The molecular formula is C24H29NO3. The highest BCUT2D eigenvalue weighted by molar-refractivity contribution is 6.09. The van der Waals surface area contributed by atoms with E-state index in [9.17, 15) is 4.79 Å². The normalized spacial score (nSPS) is 34.6. The van der Waals surface area contributed by atoms with Crippen molar-refractivity contribution in [3.05, 3.63) is 35.5 Å². The Morgan fingerprint density at radius 3 is 2.36 bits per heavy atom. The van der Waals surface area contributed by atoms with Gasteiger partial charge in [-0.3, -0.25) is 0 Å². The molecule has 0 unspecified atom stereocenters. The maximum atomic E-state index is 12.5. The Balaban J connectivity index is 1.33. The average molecular weight is 380 g/mol. The van der Waals surface area contributed by atoms with Crippen molar-refractivity contribution in [1.29, 1.82) is 0 Å². The molecule has 0 saturated heterocycles. The van der Waals surface area contributed by atoms with Crippen molar-refractivity contribution in [3.63, 3.8) is 0 Å². The predicted octanol–water partition coefficient (Wildman–Crippen LogP) is 5.38. The summed E-state index contributed by atoms with van der Waals surface area (Å²) in [6.07, 6.45) is 11.6. The molecule has 4 saturated carbocycles. The van der Waals surface area contributed by atoms with Crippen LogP contribution in [0, 0.1) is 23.2 Å². The van der Waals surface area contributed by atoms with Gasteiger partial charge in [0, 0.05) is 5.41 Å². The van der Waals surface area contributed by atoms with E-state index < -0.39 is 0 Å². The SMILES string of the molecule is CCCCOc1ccc(/C=C2\N=C(C34CC5CC(CC(C5)C3)C4)OC2=O)cc1. The molecule has 1 aliphatic heterocycles. The molecule has 0 radical (unpaired) electrons. The second-order valence-electron chi connectivity index (χ2n) is 9.30. The van der Waals surface area contributed by atoms with Crippen molar-refractivity contribution >= 4 is 17.9 Å². The Morgan fingerprint density at radius 2 is 1.75 bits per heavy atom. The van der Waals surface area contributed by atoms with E-state index in [-0.39, 0.29) is 11.4 Å². The highest BCUT2D eigenvalue weighted by atomic mass is 16.6. The van der Waals surface area contributed by atoms with Crippen molar-refractivity contribution in [2.75, 3.05) is 6.61 Å². The summed E-state index contributed by atoms with van der Waals surface area (Å²) in [4.78, 5) is 17.2. The van der Waals surface area contributed by atoms with E-state index in [2.05, 4.69) is 6.92 Å². The first-order valence-electron chi connectivity index (χ1n) is 10.9. The van der Waals surface area contributed by atoms with Crippen molar-refractivity contribution in [3.8, 4) is 5.75 Å². The number of nitrogens with zero attached hydrogens (tertiary/aromatic N) is 1. The molecule has 4 heteroatoms. The van der Waals surface area contributed by atoms with Gasteiger partial charge in [0.05, 0.1) is 6.61 Å². The second kappa shape index (κ2) is 7.06. The average Bonchev–Trinajstić information content (AvgIpc) is 3.04. The molecule has 0 N–H and O–H groups in total. The Hall–Kier alpha value is -2.10. The van der Waals surface area contributed by atoms with Gasteiger partial charge in [-0.25, -0.2) is 9.79 Å². The van der Waals surface area contributed by atoms with Gasteiger partial charge in [-0.15, -0.1) is 0 Å². The number of ether oxygens (including phenoxy) is 2. The van der Waals surface area contributed by atoms with Crippen LogP contribution in [0.1, 0.15) is 63.9 Å². The summed E-state index contributed by atoms with van der Waals surface area (Å²) in [5.74, 6) is 3.70. The molecule has 4 aliphatic carbocycles. The first-order valence-corrected chi connectivity index (χ1v) is 10.9. The first-order chi connectivity index (χ1) is 13.6. The maximum Gasteiger partial charge on any atom is 0.363 e. The van der Waals surface area contributed by atoms with Crippen LogP contribution >= 0.6 is 0 Å². The molecule has 1 aromatic carbocycles. The molecule has 0 spiro atoms. The van der Waals surface area contributed by atoms with Crippen LogP contribution < -0.4 is 4.74 Å². The number of hydrogen-bond acceptors (Lipinski definition) is 4. The molecule has 6 rings (SSSR count). The third-order valence-corrected chi connectivity index (χ3v) is 7.06. The topological polar surface area (TPSA) is 47.9 Å². The Bertz CT molecular complexity index is 785. The summed E-state index contributed by atoms with van der Waals surface area (Å²) in [5, 5.41) is 0. The van der Waals surface area contributed by atoms with Crippen molar-refractivity contribution < 1.29 is 14.3 Å². The summed E-state index contributed by atoms with van der Waals surface area (Å²) in [7, 11) is 0. The third-order valence-electron chi connectivity index (χ3n) is 7.06. The molecule has 5 aliphatic rings. The minimum absolute atomic E-state index is 0.0248. The van der Waals surface area contributed by atoms with Gasteiger partial charge in [-0.1, -0.05) is 25.5 Å². The molecule has 4 nitrogen and oxygen atoms in total. The molecule has 4 fully saturated rings. The van der Waals surface area contributed by atoms with E-state index in [1.807, 2.05) is 30.3 Å². The lowest BCUT2D eigenvalue weighted by molar-refractivity contribution is -0.131. The maximum absolute atomic E-state index is 12.5. The van der Waals surface area contributed by atoms with Gasteiger partial charge in [0.2, 0.25) is 5.90 Å². The smallest absolute Gasteiger partial charge is 0.363 e. The summed E-state index contributed by atoms with van der Waals surface area (Å²) in [6.45, 7) is 2.89. The highest BCUT2D eigenvalue weighted by Crippen LogP contribution is 2.61. The molecule has 0 aromatic heterocycles. The van der Waals surface area contributed by atoms with Gasteiger partial charge in [0.25, 0.3) is 0 Å². The van der Waals surface area contributed by atoms with Crippen LogP contribution in [0.5, 0.6) is 5.75 Å². The zero-order valence-electron chi connectivity index (χ0n) is 16.7. The lowest BCUT2D eigenvalue weighted by atomic mass is 9.49. The number of unbranched alkanes of at least 4 members (excludes halogenated alkanes) is 1. The monoisotopic (exact) mass is 379 g/mol. The number of carbonyl (C=O) groups excluding carboxylic acids is 1. The van der Waals surface area contributed by atoms with Gasteiger partial charge < -0.3 is 9.47 Å². The largest absolute Gasteiger partial charge is 0.494 e. The van der Waals surface area contributed by atoms with E-state index in [0.29, 0.717) is 11.6 Å². The van der Waals surface area contributed by atoms with E-state index in [1.165, 1.54) is 19.3 Å². The number of cyclic esters (lactones) is 1. The number of benzene rings is 1. The number of rotatable bonds is 6. The highest BCUT2D eigenvalue weighted by Gasteiger charge is 2.55. The van der Waals surface area contributed by atoms with Crippen LogP contribution in [0.3, 0.4) is 0 Å². The number of carbonyl (C=O) groups is 1. The summed E-state index contributed by atoms with van der Waals surface area (Å²) in [5.41, 5.74) is 1.41. The minimum atomic E-state index is -0.297. The van der Waals surface area contributed by atoms with Crippen LogP contribution in [-0.2, 0) is 9.53 Å². The Kier molecular flexibility index (Phi) is 4.53. The van der Waals surface area contributed by atoms with Crippen LogP contribution in [0.25, 0.3) is 6.08 Å². The summed E-state index contributed by atoms with van der Waals surface area (Å²) in [6, 6.07) is 7.84. The van der Waals surface area contributed by atoms with E-state index in [1.54, 1.807) is 0 Å². The molecule has 28 heavy (non-hydrogen) atoms. The molecule has 0 atom stereocenters. The molecule has 148 valence electrons. The number of hydrogen-bond donors (Lipinski definition) is 0. The van der Waals surface area contributed by atoms with Crippen LogP contribution in [0.4, 0.5) is 0 Å². The second-order valence-corrected chi connectivity index (χ2v) is 9.30. The van der Waals surface area contributed by atoms with Crippen LogP contribution in [0.15, 0.2) is 35.0 Å². The first kappa shape index (κ1) is 18.0.